The third kappa shape index (κ3) is 1.51. The summed E-state index contributed by atoms with van der Waals surface area (Å²) in [5.74, 6) is 0.304. The fraction of sp³-hybridized carbons (Fsp3) is 0.833. The van der Waals surface area contributed by atoms with Crippen molar-refractivity contribution in [3.05, 3.63) is 0 Å². The molecule has 3 unspecified atom stereocenters. The number of methoxy groups -OCH3 is 1. The van der Waals surface area contributed by atoms with Crippen LogP contribution in [0, 0.1) is 22.7 Å². The van der Waals surface area contributed by atoms with E-state index in [1.54, 1.807) is 0 Å². The molecule has 0 amide bonds. The lowest BCUT2D eigenvalue weighted by Crippen LogP contribution is -2.38. The molecule has 2 fully saturated rings. The van der Waals surface area contributed by atoms with Gasteiger partial charge in [0.2, 0.25) is 0 Å². The maximum Gasteiger partial charge on any atom is 0.313 e. The van der Waals surface area contributed by atoms with Crippen LogP contribution in [0.15, 0.2) is 0 Å². The second-order valence-corrected chi connectivity index (χ2v) is 4.97. The number of likely N-dealkylation sites (tertiary alicyclic amines) is 1. The van der Waals surface area contributed by atoms with E-state index < -0.39 is 0 Å². The maximum absolute atomic E-state index is 11.9. The molecule has 1 heterocycles. The lowest BCUT2D eigenvalue weighted by molar-refractivity contribution is -0.153. The molecule has 1 saturated heterocycles. The topological polar surface area (TPSA) is 53.3 Å². The van der Waals surface area contributed by atoms with Gasteiger partial charge in [-0.1, -0.05) is 6.42 Å². The van der Waals surface area contributed by atoms with Crippen LogP contribution in [0.5, 0.6) is 0 Å². The van der Waals surface area contributed by atoms with Crippen LogP contribution in [0.2, 0.25) is 0 Å². The standard InChI is InChI=1S/C12H18N2O2/c1-9(6-13)14-7-10-4-3-5-12(10,8-14)11(15)16-2/h9-10H,3-5,7-8H2,1-2H3. The number of ether oxygens (including phenoxy) is 1. The minimum atomic E-state index is -0.320. The zero-order valence-corrected chi connectivity index (χ0v) is 9.90. The molecule has 16 heavy (non-hydrogen) atoms. The van der Waals surface area contributed by atoms with Gasteiger partial charge in [0.1, 0.15) is 0 Å². The first kappa shape index (κ1) is 11.4. The Morgan fingerprint density at radius 2 is 2.44 bits per heavy atom. The summed E-state index contributed by atoms with van der Waals surface area (Å²) in [6.45, 7) is 3.45. The lowest BCUT2D eigenvalue weighted by atomic mass is 9.81. The Labute approximate surface area is 96.2 Å². The number of nitrogens with zero attached hydrogens (tertiary/aromatic N) is 2. The molecule has 0 radical (unpaired) electrons. The quantitative estimate of drug-likeness (QED) is 0.658. The van der Waals surface area contributed by atoms with Gasteiger partial charge in [0, 0.05) is 13.1 Å². The smallest absolute Gasteiger partial charge is 0.313 e. The summed E-state index contributed by atoms with van der Waals surface area (Å²) in [7, 11) is 1.46. The zero-order chi connectivity index (χ0) is 11.8. The molecular weight excluding hydrogens is 204 g/mol. The number of nitriles is 1. The molecule has 0 aromatic heterocycles. The van der Waals surface area contributed by atoms with Crippen molar-refractivity contribution in [1.82, 2.24) is 4.90 Å². The molecule has 4 nitrogen and oxygen atoms in total. The molecule has 0 spiro atoms. The van der Waals surface area contributed by atoms with Crippen LogP contribution in [-0.4, -0.2) is 37.1 Å². The predicted octanol–water partition coefficient (Wildman–Crippen LogP) is 1.17. The van der Waals surface area contributed by atoms with Gasteiger partial charge in [-0.05, 0) is 25.7 Å². The number of carbonyl (C=O) groups is 1. The van der Waals surface area contributed by atoms with Gasteiger partial charge in [-0.25, -0.2) is 0 Å². The average molecular weight is 222 g/mol. The molecule has 2 rings (SSSR count). The van der Waals surface area contributed by atoms with Crippen molar-refractivity contribution in [2.45, 2.75) is 32.2 Å². The minimum absolute atomic E-state index is 0.0809. The summed E-state index contributed by atoms with van der Waals surface area (Å²) in [5.41, 5.74) is -0.320. The van der Waals surface area contributed by atoms with Crippen molar-refractivity contribution >= 4 is 5.97 Å². The summed E-state index contributed by atoms with van der Waals surface area (Å²) in [6.07, 6.45) is 3.11. The Morgan fingerprint density at radius 1 is 1.69 bits per heavy atom. The monoisotopic (exact) mass is 222 g/mol. The molecule has 0 aromatic rings. The number of esters is 1. The zero-order valence-electron chi connectivity index (χ0n) is 9.90. The highest BCUT2D eigenvalue weighted by atomic mass is 16.5. The Balaban J connectivity index is 2.19. The first-order valence-electron chi connectivity index (χ1n) is 5.86. The number of carbonyl (C=O) groups excluding carboxylic acids is 1. The maximum atomic E-state index is 11.9. The van der Waals surface area contributed by atoms with Crippen molar-refractivity contribution in [3.63, 3.8) is 0 Å². The van der Waals surface area contributed by atoms with Crippen LogP contribution in [0.25, 0.3) is 0 Å². The second kappa shape index (κ2) is 4.06. The summed E-state index contributed by atoms with van der Waals surface area (Å²) in [4.78, 5) is 14.1. The van der Waals surface area contributed by atoms with Crippen LogP contribution >= 0.6 is 0 Å². The summed E-state index contributed by atoms with van der Waals surface area (Å²) < 4.78 is 4.95. The number of hydrogen-bond donors (Lipinski definition) is 0. The Bertz CT molecular complexity index is 336. The van der Waals surface area contributed by atoms with Gasteiger partial charge >= 0.3 is 5.97 Å². The highest BCUT2D eigenvalue weighted by Crippen LogP contribution is 2.49. The average Bonchev–Trinajstić information content (AvgIpc) is 2.83. The Kier molecular flexibility index (Phi) is 2.90. The third-order valence-electron chi connectivity index (χ3n) is 4.22. The number of rotatable bonds is 2. The summed E-state index contributed by atoms with van der Waals surface area (Å²) >= 11 is 0. The second-order valence-electron chi connectivity index (χ2n) is 4.97. The third-order valence-corrected chi connectivity index (χ3v) is 4.22. The molecule has 0 aromatic carbocycles. The highest BCUT2D eigenvalue weighted by molar-refractivity contribution is 5.78. The Hall–Kier alpha value is -1.08. The van der Waals surface area contributed by atoms with Crippen molar-refractivity contribution in [3.8, 4) is 6.07 Å². The first-order chi connectivity index (χ1) is 7.64. The van der Waals surface area contributed by atoms with Gasteiger partial charge in [-0.2, -0.15) is 5.26 Å². The summed E-state index contributed by atoms with van der Waals surface area (Å²) in [6, 6.07) is 2.14. The lowest BCUT2D eigenvalue weighted by Gasteiger charge is -2.26. The molecule has 3 atom stereocenters. The van der Waals surface area contributed by atoms with E-state index in [9.17, 15) is 4.79 Å². The van der Waals surface area contributed by atoms with Gasteiger partial charge < -0.3 is 4.74 Å². The first-order valence-corrected chi connectivity index (χ1v) is 5.86. The fourth-order valence-corrected chi connectivity index (χ4v) is 3.24. The van der Waals surface area contributed by atoms with E-state index in [4.69, 9.17) is 10.00 Å². The number of fused-ring (bicyclic) bond motifs is 1. The highest BCUT2D eigenvalue weighted by Gasteiger charge is 2.55. The van der Waals surface area contributed by atoms with Crippen molar-refractivity contribution in [1.29, 1.82) is 5.26 Å². The van der Waals surface area contributed by atoms with E-state index in [-0.39, 0.29) is 17.4 Å². The van der Waals surface area contributed by atoms with E-state index in [1.807, 2.05) is 6.92 Å². The normalized spacial score (nSPS) is 35.4. The van der Waals surface area contributed by atoms with Crippen molar-refractivity contribution < 1.29 is 9.53 Å². The van der Waals surface area contributed by atoms with Crippen LogP contribution in [-0.2, 0) is 9.53 Å². The molecule has 1 saturated carbocycles. The van der Waals surface area contributed by atoms with Gasteiger partial charge in [0.15, 0.2) is 0 Å². The van der Waals surface area contributed by atoms with Crippen LogP contribution in [0.1, 0.15) is 26.2 Å². The van der Waals surface area contributed by atoms with Gasteiger partial charge in [-0.3, -0.25) is 9.69 Å². The van der Waals surface area contributed by atoms with Crippen LogP contribution < -0.4 is 0 Å². The molecule has 0 N–H and O–H groups in total. The van der Waals surface area contributed by atoms with E-state index in [0.717, 1.165) is 25.8 Å². The molecule has 1 aliphatic heterocycles. The van der Waals surface area contributed by atoms with Gasteiger partial charge in [0.05, 0.1) is 24.6 Å². The van der Waals surface area contributed by atoms with E-state index >= 15 is 0 Å². The molecule has 1 aliphatic carbocycles. The van der Waals surface area contributed by atoms with E-state index in [2.05, 4.69) is 11.0 Å². The van der Waals surface area contributed by atoms with Crippen LogP contribution in [0.4, 0.5) is 0 Å². The molecule has 2 aliphatic rings. The molecule has 88 valence electrons. The predicted molar refractivity (Wildman–Crippen MR) is 58.4 cm³/mol. The van der Waals surface area contributed by atoms with E-state index in [1.165, 1.54) is 7.11 Å². The molecular formula is C12H18N2O2. The molecule has 4 heteroatoms. The van der Waals surface area contributed by atoms with Gasteiger partial charge in [0.25, 0.3) is 0 Å². The minimum Gasteiger partial charge on any atom is -0.469 e. The largest absolute Gasteiger partial charge is 0.469 e. The summed E-state index contributed by atoms with van der Waals surface area (Å²) in [5, 5.41) is 8.93. The Morgan fingerprint density at radius 3 is 3.06 bits per heavy atom. The van der Waals surface area contributed by atoms with Gasteiger partial charge in [-0.15, -0.1) is 0 Å². The van der Waals surface area contributed by atoms with E-state index in [0.29, 0.717) is 12.5 Å². The SMILES string of the molecule is COC(=O)C12CCCC1CN(C(C)C#N)C2. The fourth-order valence-electron chi connectivity index (χ4n) is 3.24. The number of hydrogen-bond acceptors (Lipinski definition) is 4. The van der Waals surface area contributed by atoms with Crippen LogP contribution in [0.3, 0.4) is 0 Å². The van der Waals surface area contributed by atoms with Crippen molar-refractivity contribution in [2.75, 3.05) is 20.2 Å². The molecule has 0 bridgehead atoms. The van der Waals surface area contributed by atoms with Crippen molar-refractivity contribution in [2.24, 2.45) is 11.3 Å².